The van der Waals surface area contributed by atoms with Gasteiger partial charge in [0.2, 0.25) is 0 Å². The van der Waals surface area contributed by atoms with Crippen LogP contribution in [0.3, 0.4) is 0 Å². The Labute approximate surface area is 100 Å². The van der Waals surface area contributed by atoms with Gasteiger partial charge in [0.25, 0.3) is 0 Å². The number of hydrogen-bond acceptors (Lipinski definition) is 4. The Balaban J connectivity index is 3.08. The van der Waals surface area contributed by atoms with E-state index in [4.69, 9.17) is 18.9 Å². The first kappa shape index (κ1) is 15.3. The topological polar surface area (TPSA) is 36.9 Å². The molecule has 15 heavy (non-hydrogen) atoms. The molecule has 0 N–H and O–H groups in total. The number of methoxy groups -OCH3 is 1. The van der Waals surface area contributed by atoms with Crippen LogP contribution in [0.15, 0.2) is 0 Å². The normalized spacial score (nSPS) is 13.0. The first-order valence-corrected chi connectivity index (χ1v) is 6.25. The van der Waals surface area contributed by atoms with Crippen molar-refractivity contribution in [1.29, 1.82) is 0 Å². The molecule has 0 aliphatic rings. The first-order chi connectivity index (χ1) is 7.31. The summed E-state index contributed by atoms with van der Waals surface area (Å²) in [5.41, 5.74) is 0. The molecule has 0 aromatic heterocycles. The van der Waals surface area contributed by atoms with Gasteiger partial charge in [-0.3, -0.25) is 0 Å². The molecule has 0 saturated carbocycles. The zero-order valence-corrected chi connectivity index (χ0v) is 11.1. The first-order valence-electron chi connectivity index (χ1n) is 5.13. The van der Waals surface area contributed by atoms with Crippen molar-refractivity contribution in [3.05, 3.63) is 0 Å². The van der Waals surface area contributed by atoms with E-state index in [2.05, 4.69) is 15.9 Å². The van der Waals surface area contributed by atoms with Crippen LogP contribution in [-0.2, 0) is 18.9 Å². The molecule has 4 nitrogen and oxygen atoms in total. The van der Waals surface area contributed by atoms with Gasteiger partial charge in [-0.25, -0.2) is 0 Å². The summed E-state index contributed by atoms with van der Waals surface area (Å²) in [6.45, 7) is 5.79. The van der Waals surface area contributed by atoms with Crippen LogP contribution in [0.1, 0.15) is 6.92 Å². The Morgan fingerprint density at radius 3 is 2.40 bits per heavy atom. The largest absolute Gasteiger partial charge is 0.382 e. The average Bonchev–Trinajstić information content (AvgIpc) is 2.24. The maximum atomic E-state index is 5.46. The smallest absolute Gasteiger partial charge is 0.0781 e. The van der Waals surface area contributed by atoms with Gasteiger partial charge in [0, 0.05) is 12.4 Å². The molecule has 0 aliphatic heterocycles. The predicted octanol–water partition coefficient (Wildman–Crippen LogP) is 1.47. The monoisotopic (exact) mass is 284 g/mol. The van der Waals surface area contributed by atoms with Crippen LogP contribution < -0.4 is 0 Å². The molecule has 0 aromatic rings. The van der Waals surface area contributed by atoms with Gasteiger partial charge in [0.1, 0.15) is 0 Å². The van der Waals surface area contributed by atoms with E-state index in [0.29, 0.717) is 33.0 Å². The maximum Gasteiger partial charge on any atom is 0.0781 e. The van der Waals surface area contributed by atoms with Gasteiger partial charge in [-0.2, -0.15) is 0 Å². The summed E-state index contributed by atoms with van der Waals surface area (Å²) in [5, 5.41) is 0.864. The Morgan fingerprint density at radius 2 is 1.73 bits per heavy atom. The second-order valence-corrected chi connectivity index (χ2v) is 3.84. The molecular weight excluding hydrogens is 264 g/mol. The summed E-state index contributed by atoms with van der Waals surface area (Å²) in [4.78, 5) is 0. The second-order valence-electron chi connectivity index (χ2n) is 3.05. The molecule has 0 radical (unpaired) electrons. The highest BCUT2D eigenvalue weighted by atomic mass is 79.9. The van der Waals surface area contributed by atoms with Crippen LogP contribution in [0.5, 0.6) is 0 Å². The van der Waals surface area contributed by atoms with Crippen LogP contribution in [0, 0.1) is 0 Å². The van der Waals surface area contributed by atoms with Crippen molar-refractivity contribution in [3.63, 3.8) is 0 Å². The minimum atomic E-state index is 0.106. The molecule has 92 valence electrons. The zero-order valence-electron chi connectivity index (χ0n) is 9.54. The van der Waals surface area contributed by atoms with Gasteiger partial charge >= 0.3 is 0 Å². The molecule has 0 fully saturated rings. The van der Waals surface area contributed by atoms with Crippen LogP contribution in [0.25, 0.3) is 0 Å². The van der Waals surface area contributed by atoms with Gasteiger partial charge in [-0.1, -0.05) is 15.9 Å². The lowest BCUT2D eigenvalue weighted by molar-refractivity contribution is -0.0355. The van der Waals surface area contributed by atoms with E-state index in [0.717, 1.165) is 11.9 Å². The van der Waals surface area contributed by atoms with E-state index in [9.17, 15) is 0 Å². The fourth-order valence-electron chi connectivity index (χ4n) is 0.905. The fourth-order valence-corrected chi connectivity index (χ4v) is 1.13. The Bertz CT molecular complexity index is 124. The molecule has 0 amide bonds. The van der Waals surface area contributed by atoms with Crippen molar-refractivity contribution >= 4 is 15.9 Å². The summed E-state index contributed by atoms with van der Waals surface area (Å²) < 4.78 is 20.9. The summed E-state index contributed by atoms with van der Waals surface area (Å²) in [6.07, 6.45) is 0.106. The molecule has 0 aliphatic carbocycles. The van der Waals surface area contributed by atoms with E-state index in [1.165, 1.54) is 0 Å². The number of hydrogen-bond donors (Lipinski definition) is 0. The lowest BCUT2D eigenvalue weighted by atomic mass is 10.4. The van der Waals surface area contributed by atoms with Gasteiger partial charge in [0.05, 0.1) is 45.7 Å². The summed E-state index contributed by atoms with van der Waals surface area (Å²) in [5.74, 6) is 0. The molecule has 1 unspecified atom stereocenters. The van der Waals surface area contributed by atoms with E-state index >= 15 is 0 Å². The molecule has 0 aromatic carbocycles. The maximum absolute atomic E-state index is 5.46. The Hall–Kier alpha value is 0.320. The SMILES string of the molecule is COCCOCC(C)OCCOCCBr. The lowest BCUT2D eigenvalue weighted by Crippen LogP contribution is -2.20. The van der Waals surface area contributed by atoms with Crippen molar-refractivity contribution in [3.8, 4) is 0 Å². The van der Waals surface area contributed by atoms with Crippen LogP contribution in [0.4, 0.5) is 0 Å². The molecular formula is C10H21BrO4. The van der Waals surface area contributed by atoms with Crippen molar-refractivity contribution in [2.24, 2.45) is 0 Å². The minimum Gasteiger partial charge on any atom is -0.382 e. The molecule has 0 saturated heterocycles. The number of alkyl halides is 1. The van der Waals surface area contributed by atoms with Crippen LogP contribution >= 0.6 is 15.9 Å². The fraction of sp³-hybridized carbons (Fsp3) is 1.00. The van der Waals surface area contributed by atoms with Gasteiger partial charge in [-0.15, -0.1) is 0 Å². The van der Waals surface area contributed by atoms with Crippen LogP contribution in [0.2, 0.25) is 0 Å². The third-order valence-electron chi connectivity index (χ3n) is 1.64. The molecule has 0 bridgehead atoms. The molecule has 0 heterocycles. The van der Waals surface area contributed by atoms with E-state index < -0.39 is 0 Å². The third-order valence-corrected chi connectivity index (χ3v) is 1.96. The zero-order chi connectivity index (χ0) is 11.4. The van der Waals surface area contributed by atoms with E-state index in [1.807, 2.05) is 6.92 Å². The average molecular weight is 285 g/mol. The number of halogens is 1. The highest BCUT2D eigenvalue weighted by molar-refractivity contribution is 9.09. The molecule has 1 atom stereocenters. The molecule has 0 spiro atoms. The highest BCUT2D eigenvalue weighted by Gasteiger charge is 2.01. The summed E-state index contributed by atoms with van der Waals surface area (Å²) in [6, 6.07) is 0. The number of ether oxygens (including phenoxy) is 4. The predicted molar refractivity (Wildman–Crippen MR) is 62.7 cm³/mol. The van der Waals surface area contributed by atoms with E-state index in [1.54, 1.807) is 7.11 Å². The van der Waals surface area contributed by atoms with Crippen molar-refractivity contribution in [2.45, 2.75) is 13.0 Å². The lowest BCUT2D eigenvalue weighted by Gasteiger charge is -2.13. The van der Waals surface area contributed by atoms with Crippen molar-refractivity contribution < 1.29 is 18.9 Å². The second kappa shape index (κ2) is 12.4. The molecule has 0 rings (SSSR count). The van der Waals surface area contributed by atoms with Gasteiger partial charge in [-0.05, 0) is 6.92 Å². The third kappa shape index (κ3) is 12.3. The quantitative estimate of drug-likeness (QED) is 0.425. The minimum absolute atomic E-state index is 0.106. The summed E-state index contributed by atoms with van der Waals surface area (Å²) in [7, 11) is 1.66. The van der Waals surface area contributed by atoms with E-state index in [-0.39, 0.29) is 6.10 Å². The van der Waals surface area contributed by atoms with Gasteiger partial charge < -0.3 is 18.9 Å². The van der Waals surface area contributed by atoms with Crippen molar-refractivity contribution in [2.75, 3.05) is 52.1 Å². The molecule has 5 heteroatoms. The van der Waals surface area contributed by atoms with Gasteiger partial charge in [0.15, 0.2) is 0 Å². The van der Waals surface area contributed by atoms with Crippen molar-refractivity contribution in [1.82, 2.24) is 0 Å². The summed E-state index contributed by atoms with van der Waals surface area (Å²) >= 11 is 3.28. The standard InChI is InChI=1S/C10H21BrO4/c1-10(9-14-6-5-12-2)15-8-7-13-4-3-11/h10H,3-9H2,1-2H3. The number of rotatable bonds is 11. The van der Waals surface area contributed by atoms with Crippen LogP contribution in [-0.4, -0.2) is 58.2 Å². The Kier molecular flexibility index (Phi) is 12.7. The Morgan fingerprint density at radius 1 is 1.00 bits per heavy atom. The highest BCUT2D eigenvalue weighted by Crippen LogP contribution is 1.92.